The van der Waals surface area contributed by atoms with Crippen molar-refractivity contribution in [3.05, 3.63) is 83.2 Å². The maximum atomic E-state index is 12.5. The number of hydrogen-bond donors (Lipinski definition) is 1. The number of aromatic nitrogens is 2. The molecule has 0 unspecified atom stereocenters. The Kier molecular flexibility index (Phi) is 4.83. The summed E-state index contributed by atoms with van der Waals surface area (Å²) >= 11 is 0. The van der Waals surface area contributed by atoms with E-state index >= 15 is 0 Å². The molecule has 0 bridgehead atoms. The minimum atomic E-state index is -0.188. The Balaban J connectivity index is 1.47. The van der Waals surface area contributed by atoms with Gasteiger partial charge in [0.15, 0.2) is 0 Å². The van der Waals surface area contributed by atoms with Crippen LogP contribution in [0.15, 0.2) is 60.9 Å². The first-order valence-corrected chi connectivity index (χ1v) is 9.27. The summed E-state index contributed by atoms with van der Waals surface area (Å²) < 4.78 is 0. The number of aryl methyl sites for hydroxylation is 1. The lowest BCUT2D eigenvalue weighted by molar-refractivity contribution is 0.102. The van der Waals surface area contributed by atoms with Crippen molar-refractivity contribution in [1.29, 1.82) is 0 Å². The average molecular weight is 358 g/mol. The maximum absolute atomic E-state index is 12.5. The summed E-state index contributed by atoms with van der Waals surface area (Å²) in [6, 6.07) is 16.3. The predicted molar refractivity (Wildman–Crippen MR) is 107 cm³/mol. The number of anilines is 2. The minimum absolute atomic E-state index is 0.188. The molecule has 1 aliphatic heterocycles. The van der Waals surface area contributed by atoms with E-state index in [4.69, 9.17) is 0 Å². The van der Waals surface area contributed by atoms with E-state index in [1.165, 1.54) is 11.1 Å². The van der Waals surface area contributed by atoms with Crippen LogP contribution in [0.3, 0.4) is 0 Å². The number of benzene rings is 2. The summed E-state index contributed by atoms with van der Waals surface area (Å²) in [6.45, 7) is 3.75. The van der Waals surface area contributed by atoms with Crippen molar-refractivity contribution in [3.8, 4) is 0 Å². The van der Waals surface area contributed by atoms with Gasteiger partial charge >= 0.3 is 0 Å². The van der Waals surface area contributed by atoms with Gasteiger partial charge in [0.2, 0.25) is 5.95 Å². The third-order valence-electron chi connectivity index (χ3n) is 4.96. The van der Waals surface area contributed by atoms with Gasteiger partial charge in [0, 0.05) is 31.2 Å². The van der Waals surface area contributed by atoms with Crippen molar-refractivity contribution in [2.24, 2.45) is 0 Å². The summed E-state index contributed by atoms with van der Waals surface area (Å²) in [6.07, 6.45) is 5.05. The molecule has 5 nitrogen and oxygen atoms in total. The van der Waals surface area contributed by atoms with Gasteiger partial charge in [-0.05, 0) is 35.6 Å². The molecule has 27 heavy (non-hydrogen) atoms. The van der Waals surface area contributed by atoms with E-state index in [-0.39, 0.29) is 5.91 Å². The van der Waals surface area contributed by atoms with E-state index in [1.807, 2.05) is 24.3 Å². The van der Waals surface area contributed by atoms with Gasteiger partial charge in [0.25, 0.3) is 5.91 Å². The first-order valence-electron chi connectivity index (χ1n) is 9.27. The highest BCUT2D eigenvalue weighted by Gasteiger charge is 2.18. The lowest BCUT2D eigenvalue weighted by Crippen LogP contribution is -2.31. The van der Waals surface area contributed by atoms with Gasteiger partial charge in [-0.2, -0.15) is 0 Å². The number of nitrogens with one attached hydrogen (secondary N) is 1. The molecule has 1 N–H and O–H groups in total. The molecule has 4 rings (SSSR count). The van der Waals surface area contributed by atoms with Crippen molar-refractivity contribution in [2.45, 2.75) is 26.3 Å². The Morgan fingerprint density at radius 2 is 1.74 bits per heavy atom. The molecule has 1 amide bonds. The highest BCUT2D eigenvalue weighted by Crippen LogP contribution is 2.22. The van der Waals surface area contributed by atoms with E-state index in [2.05, 4.69) is 51.4 Å². The fourth-order valence-corrected chi connectivity index (χ4v) is 3.41. The van der Waals surface area contributed by atoms with Crippen LogP contribution in [0.25, 0.3) is 0 Å². The van der Waals surface area contributed by atoms with E-state index in [1.54, 1.807) is 12.4 Å². The third-order valence-corrected chi connectivity index (χ3v) is 4.96. The molecule has 0 radical (unpaired) electrons. The second-order valence-corrected chi connectivity index (χ2v) is 6.68. The first kappa shape index (κ1) is 17.2. The molecule has 2 aromatic carbocycles. The van der Waals surface area contributed by atoms with Crippen LogP contribution in [0.1, 0.15) is 34.0 Å². The number of amides is 1. The molecule has 0 fully saturated rings. The number of carbonyl (C=O) groups is 1. The van der Waals surface area contributed by atoms with Crippen LogP contribution in [0.4, 0.5) is 11.6 Å². The van der Waals surface area contributed by atoms with Gasteiger partial charge in [0.1, 0.15) is 0 Å². The van der Waals surface area contributed by atoms with Crippen LogP contribution in [-0.4, -0.2) is 22.4 Å². The Morgan fingerprint density at radius 1 is 1.04 bits per heavy atom. The van der Waals surface area contributed by atoms with Crippen LogP contribution in [-0.2, 0) is 19.4 Å². The Hall–Kier alpha value is -3.21. The summed E-state index contributed by atoms with van der Waals surface area (Å²) in [7, 11) is 0. The average Bonchev–Trinajstić information content (AvgIpc) is 2.74. The summed E-state index contributed by atoms with van der Waals surface area (Å²) in [4.78, 5) is 23.5. The standard InChI is InChI=1S/C22H22N4O/c1-2-16-7-5-6-10-20(16)25-21(27)19-13-23-22(24-14-19)26-12-11-17-8-3-4-9-18(17)15-26/h3-10,13-14H,2,11-12,15H2,1H3,(H,25,27). The van der Waals surface area contributed by atoms with Crippen molar-refractivity contribution in [2.75, 3.05) is 16.8 Å². The van der Waals surface area contributed by atoms with Crippen LogP contribution in [0.2, 0.25) is 0 Å². The SMILES string of the molecule is CCc1ccccc1NC(=O)c1cnc(N2CCc3ccccc3C2)nc1. The summed E-state index contributed by atoms with van der Waals surface area (Å²) in [5.41, 5.74) is 5.10. The lowest BCUT2D eigenvalue weighted by atomic mass is 10.0. The molecule has 0 aliphatic carbocycles. The van der Waals surface area contributed by atoms with Gasteiger partial charge in [0.05, 0.1) is 5.56 Å². The van der Waals surface area contributed by atoms with Gasteiger partial charge in [-0.3, -0.25) is 4.79 Å². The zero-order valence-electron chi connectivity index (χ0n) is 15.4. The van der Waals surface area contributed by atoms with Gasteiger partial charge in [-0.1, -0.05) is 49.4 Å². The maximum Gasteiger partial charge on any atom is 0.258 e. The second-order valence-electron chi connectivity index (χ2n) is 6.68. The molecule has 1 aliphatic rings. The monoisotopic (exact) mass is 358 g/mol. The molecule has 136 valence electrons. The van der Waals surface area contributed by atoms with Gasteiger partial charge in [-0.25, -0.2) is 9.97 Å². The molecular formula is C22H22N4O. The highest BCUT2D eigenvalue weighted by molar-refractivity contribution is 6.04. The normalized spacial score (nSPS) is 13.1. The number of fused-ring (bicyclic) bond motifs is 1. The number of hydrogen-bond acceptors (Lipinski definition) is 4. The van der Waals surface area contributed by atoms with Crippen molar-refractivity contribution in [1.82, 2.24) is 9.97 Å². The zero-order valence-corrected chi connectivity index (χ0v) is 15.4. The molecule has 0 saturated heterocycles. The third kappa shape index (κ3) is 3.67. The number of carbonyl (C=O) groups excluding carboxylic acids is 1. The largest absolute Gasteiger partial charge is 0.336 e. The quantitative estimate of drug-likeness (QED) is 0.769. The van der Waals surface area contributed by atoms with Crippen molar-refractivity contribution < 1.29 is 4.79 Å². The van der Waals surface area contributed by atoms with Crippen molar-refractivity contribution >= 4 is 17.5 Å². The number of rotatable bonds is 4. The fourth-order valence-electron chi connectivity index (χ4n) is 3.41. The molecule has 0 spiro atoms. The van der Waals surface area contributed by atoms with E-state index in [0.29, 0.717) is 11.5 Å². The first-order chi connectivity index (χ1) is 13.2. The molecule has 2 heterocycles. The molecule has 0 atom stereocenters. The minimum Gasteiger partial charge on any atom is -0.336 e. The van der Waals surface area contributed by atoms with Crippen LogP contribution < -0.4 is 10.2 Å². The molecule has 5 heteroatoms. The van der Waals surface area contributed by atoms with E-state index < -0.39 is 0 Å². The van der Waals surface area contributed by atoms with Gasteiger partial charge in [-0.15, -0.1) is 0 Å². The van der Waals surface area contributed by atoms with Gasteiger partial charge < -0.3 is 10.2 Å². The predicted octanol–water partition coefficient (Wildman–Crippen LogP) is 3.85. The Bertz CT molecular complexity index is 953. The molecule has 3 aromatic rings. The van der Waals surface area contributed by atoms with Crippen LogP contribution >= 0.6 is 0 Å². The summed E-state index contributed by atoms with van der Waals surface area (Å²) in [5, 5.41) is 2.96. The topological polar surface area (TPSA) is 58.1 Å². The number of para-hydroxylation sites is 1. The Morgan fingerprint density at radius 3 is 2.52 bits per heavy atom. The zero-order chi connectivity index (χ0) is 18.6. The van der Waals surface area contributed by atoms with Crippen LogP contribution in [0, 0.1) is 0 Å². The second kappa shape index (κ2) is 7.58. The van der Waals surface area contributed by atoms with Crippen molar-refractivity contribution in [3.63, 3.8) is 0 Å². The summed E-state index contributed by atoms with van der Waals surface area (Å²) in [5.74, 6) is 0.474. The molecule has 0 saturated carbocycles. The highest BCUT2D eigenvalue weighted by atomic mass is 16.1. The Labute approximate surface area is 159 Å². The van der Waals surface area contributed by atoms with Crippen LogP contribution in [0.5, 0.6) is 0 Å². The molecular weight excluding hydrogens is 336 g/mol. The van der Waals surface area contributed by atoms with E-state index in [0.717, 1.165) is 37.2 Å². The fraction of sp³-hybridized carbons (Fsp3) is 0.227. The molecule has 1 aromatic heterocycles. The lowest BCUT2D eigenvalue weighted by Gasteiger charge is -2.28. The smallest absolute Gasteiger partial charge is 0.258 e. The van der Waals surface area contributed by atoms with E-state index in [9.17, 15) is 4.79 Å². The number of nitrogens with zero attached hydrogens (tertiary/aromatic N) is 3.